The number of likely N-dealkylation sites (N-methyl/N-ethyl adjacent to an activating group) is 1. The number of allylic oxidation sites excluding steroid dienone is 1. The summed E-state index contributed by atoms with van der Waals surface area (Å²) >= 11 is 0. The number of nitrogens with zero attached hydrogens (tertiary/aromatic N) is 1. The Morgan fingerprint density at radius 1 is 1.25 bits per heavy atom. The Morgan fingerprint density at radius 3 is 2.35 bits per heavy atom. The summed E-state index contributed by atoms with van der Waals surface area (Å²) in [6, 6.07) is 7.75. The molecule has 110 valence electrons. The summed E-state index contributed by atoms with van der Waals surface area (Å²) in [5.41, 5.74) is 2.18. The van der Waals surface area contributed by atoms with E-state index < -0.39 is 5.97 Å². The van der Waals surface area contributed by atoms with E-state index in [0.717, 1.165) is 17.7 Å². The van der Waals surface area contributed by atoms with Gasteiger partial charge >= 0.3 is 5.97 Å². The molecule has 0 aliphatic rings. The van der Waals surface area contributed by atoms with Gasteiger partial charge in [0.1, 0.15) is 5.76 Å². The van der Waals surface area contributed by atoms with Crippen LogP contribution in [0.25, 0.3) is 0 Å². The Labute approximate surface area is 120 Å². The molecule has 0 aliphatic carbocycles. The monoisotopic (exact) mass is 277 g/mol. The number of aryl methyl sites for hydroxylation is 1. The number of benzene rings is 1. The van der Waals surface area contributed by atoms with E-state index in [1.807, 2.05) is 38.1 Å². The highest BCUT2D eigenvalue weighted by atomic mass is 16.5. The smallest absolute Gasteiger partial charge is 0.358 e. The van der Waals surface area contributed by atoms with Crippen LogP contribution in [0.5, 0.6) is 0 Å². The third-order valence-corrected chi connectivity index (χ3v) is 2.99. The van der Waals surface area contributed by atoms with Crippen molar-refractivity contribution < 1.29 is 14.6 Å². The van der Waals surface area contributed by atoms with Crippen LogP contribution in [0.1, 0.15) is 32.3 Å². The lowest BCUT2D eigenvalue weighted by molar-refractivity contribution is -0.138. The van der Waals surface area contributed by atoms with Crippen LogP contribution in [-0.2, 0) is 9.53 Å². The second-order valence-corrected chi connectivity index (χ2v) is 4.66. The highest BCUT2D eigenvalue weighted by molar-refractivity contribution is 5.93. The summed E-state index contributed by atoms with van der Waals surface area (Å²) in [7, 11) is 1.75. The molecule has 0 heterocycles. The zero-order valence-electron chi connectivity index (χ0n) is 12.6. The normalized spacial score (nSPS) is 11.8. The van der Waals surface area contributed by atoms with E-state index >= 15 is 0 Å². The first-order chi connectivity index (χ1) is 9.51. The average Bonchev–Trinajstić information content (AvgIpc) is 2.40. The first-order valence-electron chi connectivity index (χ1n) is 6.90. The van der Waals surface area contributed by atoms with Gasteiger partial charge in [0.25, 0.3) is 0 Å². The average molecular weight is 277 g/mol. The van der Waals surface area contributed by atoms with Crippen molar-refractivity contribution >= 4 is 11.7 Å². The molecule has 4 nitrogen and oxygen atoms in total. The minimum Gasteiger partial charge on any atom is -0.510 e. The molecule has 0 saturated heterocycles. The van der Waals surface area contributed by atoms with Gasteiger partial charge in [0.05, 0.1) is 6.61 Å². The van der Waals surface area contributed by atoms with Gasteiger partial charge in [0.2, 0.25) is 0 Å². The molecule has 1 aromatic rings. The van der Waals surface area contributed by atoms with Gasteiger partial charge in [-0.2, -0.15) is 0 Å². The lowest BCUT2D eigenvalue weighted by Crippen LogP contribution is -2.26. The molecule has 0 amide bonds. The quantitative estimate of drug-likeness (QED) is 0.490. The van der Waals surface area contributed by atoms with E-state index in [1.54, 1.807) is 18.9 Å². The van der Waals surface area contributed by atoms with Gasteiger partial charge < -0.3 is 14.7 Å². The van der Waals surface area contributed by atoms with Gasteiger partial charge in [0.15, 0.2) is 5.70 Å². The van der Waals surface area contributed by atoms with E-state index in [9.17, 15) is 9.90 Å². The maximum Gasteiger partial charge on any atom is 0.358 e. The highest BCUT2D eigenvalue weighted by Gasteiger charge is 2.21. The molecule has 20 heavy (non-hydrogen) atoms. The molecule has 0 unspecified atom stereocenters. The lowest BCUT2D eigenvalue weighted by atomic mass is 10.2. The van der Waals surface area contributed by atoms with Gasteiger partial charge in [0, 0.05) is 19.2 Å². The molecule has 1 N–H and O–H groups in total. The summed E-state index contributed by atoms with van der Waals surface area (Å²) in [5, 5.41) is 10.1. The largest absolute Gasteiger partial charge is 0.510 e. The summed E-state index contributed by atoms with van der Waals surface area (Å²) in [6.07, 6.45) is 1.21. The molecule has 0 spiro atoms. The molecule has 1 aromatic carbocycles. The second-order valence-electron chi connectivity index (χ2n) is 4.66. The summed E-state index contributed by atoms with van der Waals surface area (Å²) in [5.74, 6) is -0.435. The molecule has 1 rings (SSSR count). The van der Waals surface area contributed by atoms with Crippen LogP contribution in [-0.4, -0.2) is 24.7 Å². The van der Waals surface area contributed by atoms with Crippen LogP contribution in [0, 0.1) is 6.92 Å². The molecule has 0 aromatic heterocycles. The highest BCUT2D eigenvalue weighted by Crippen LogP contribution is 2.22. The fraction of sp³-hybridized carbons (Fsp3) is 0.438. The predicted molar refractivity (Wildman–Crippen MR) is 80.8 cm³/mol. The molecule has 4 heteroatoms. The maximum absolute atomic E-state index is 12.1. The number of ether oxygens (including phenoxy) is 1. The molecule has 0 saturated carbocycles. The van der Waals surface area contributed by atoms with Gasteiger partial charge in [-0.3, -0.25) is 0 Å². The fourth-order valence-corrected chi connectivity index (χ4v) is 1.90. The van der Waals surface area contributed by atoms with Gasteiger partial charge in [-0.05, 0) is 32.4 Å². The van der Waals surface area contributed by atoms with Gasteiger partial charge in [-0.1, -0.05) is 24.6 Å². The Kier molecular flexibility index (Phi) is 6.10. The number of anilines is 1. The minimum atomic E-state index is -0.499. The van der Waals surface area contributed by atoms with E-state index in [1.165, 1.54) is 0 Å². The molecule has 0 bridgehead atoms. The fourth-order valence-electron chi connectivity index (χ4n) is 1.90. The van der Waals surface area contributed by atoms with Crippen molar-refractivity contribution in [3.8, 4) is 0 Å². The van der Waals surface area contributed by atoms with Crippen LogP contribution < -0.4 is 4.90 Å². The van der Waals surface area contributed by atoms with Crippen molar-refractivity contribution in [2.75, 3.05) is 18.6 Å². The van der Waals surface area contributed by atoms with Crippen molar-refractivity contribution in [1.29, 1.82) is 0 Å². The number of carbonyl (C=O) groups excluding carboxylic acids is 1. The molecular weight excluding hydrogens is 254 g/mol. The first kappa shape index (κ1) is 16.1. The zero-order chi connectivity index (χ0) is 15.1. The first-order valence-corrected chi connectivity index (χ1v) is 6.90. The third-order valence-electron chi connectivity index (χ3n) is 2.99. The molecule has 0 aliphatic heterocycles. The zero-order valence-corrected chi connectivity index (χ0v) is 12.6. The van der Waals surface area contributed by atoms with Crippen molar-refractivity contribution in [2.24, 2.45) is 0 Å². The van der Waals surface area contributed by atoms with Crippen molar-refractivity contribution in [3.63, 3.8) is 0 Å². The Morgan fingerprint density at radius 2 is 1.85 bits per heavy atom. The van der Waals surface area contributed by atoms with Crippen LogP contribution in [0.4, 0.5) is 5.69 Å². The summed E-state index contributed by atoms with van der Waals surface area (Å²) < 4.78 is 5.04. The minimum absolute atomic E-state index is 0.0639. The number of aliphatic hydroxyl groups is 1. The Bertz CT molecular complexity index is 477. The SMILES string of the molecule is CCC/C(O)=C(/C(=O)OCC)N(C)c1ccc(C)cc1. The summed E-state index contributed by atoms with van der Waals surface area (Å²) in [6.45, 7) is 5.98. The predicted octanol–water partition coefficient (Wildman–Crippen LogP) is 3.56. The van der Waals surface area contributed by atoms with Crippen LogP contribution in [0.2, 0.25) is 0 Å². The number of aliphatic hydroxyl groups excluding tert-OH is 1. The van der Waals surface area contributed by atoms with Crippen molar-refractivity contribution in [1.82, 2.24) is 0 Å². The Balaban J connectivity index is 3.13. The van der Waals surface area contributed by atoms with E-state index in [-0.39, 0.29) is 18.1 Å². The number of carbonyl (C=O) groups is 1. The molecule has 0 fully saturated rings. The lowest BCUT2D eigenvalue weighted by Gasteiger charge is -2.22. The maximum atomic E-state index is 12.1. The van der Waals surface area contributed by atoms with Crippen LogP contribution in [0.15, 0.2) is 35.7 Å². The second kappa shape index (κ2) is 7.58. The number of hydrogen-bond acceptors (Lipinski definition) is 4. The van der Waals surface area contributed by atoms with E-state index in [4.69, 9.17) is 4.74 Å². The third kappa shape index (κ3) is 4.02. The molecule has 0 atom stereocenters. The van der Waals surface area contributed by atoms with Gasteiger partial charge in [-0.25, -0.2) is 4.79 Å². The summed E-state index contributed by atoms with van der Waals surface area (Å²) in [4.78, 5) is 13.7. The van der Waals surface area contributed by atoms with Gasteiger partial charge in [-0.15, -0.1) is 0 Å². The molecule has 0 radical (unpaired) electrons. The standard InChI is InChI=1S/C16H23NO3/c1-5-7-14(18)15(16(19)20-6-2)17(4)13-10-8-12(3)9-11-13/h8-11,18H,5-7H2,1-4H3/b15-14+. The number of hydrogen-bond donors (Lipinski definition) is 1. The topological polar surface area (TPSA) is 49.8 Å². The number of esters is 1. The van der Waals surface area contributed by atoms with Crippen LogP contribution in [0.3, 0.4) is 0 Å². The van der Waals surface area contributed by atoms with Crippen molar-refractivity contribution in [3.05, 3.63) is 41.3 Å². The van der Waals surface area contributed by atoms with E-state index in [0.29, 0.717) is 6.42 Å². The number of rotatable bonds is 6. The van der Waals surface area contributed by atoms with Crippen LogP contribution >= 0.6 is 0 Å². The molecular formula is C16H23NO3. The van der Waals surface area contributed by atoms with Crippen molar-refractivity contribution in [2.45, 2.75) is 33.6 Å². The Hall–Kier alpha value is -1.97. The van der Waals surface area contributed by atoms with E-state index in [2.05, 4.69) is 0 Å².